The maximum absolute atomic E-state index is 11.8. The molecule has 0 aliphatic carbocycles. The summed E-state index contributed by atoms with van der Waals surface area (Å²) in [5.74, 6) is -0.206. The Labute approximate surface area is 101 Å². The number of hydrogen-bond acceptors (Lipinski definition) is 4. The van der Waals surface area contributed by atoms with Gasteiger partial charge in [0.05, 0.1) is 24.7 Å². The van der Waals surface area contributed by atoms with E-state index in [1.807, 2.05) is 13.8 Å². The Hall–Kier alpha value is -0.940. The Morgan fingerprint density at radius 1 is 1.24 bits per heavy atom. The van der Waals surface area contributed by atoms with E-state index >= 15 is 0 Å². The summed E-state index contributed by atoms with van der Waals surface area (Å²) in [5, 5.41) is 3.30. The first kappa shape index (κ1) is 12.5. The van der Waals surface area contributed by atoms with Crippen LogP contribution in [0.4, 0.5) is 0 Å². The van der Waals surface area contributed by atoms with Crippen molar-refractivity contribution in [3.05, 3.63) is 0 Å². The fourth-order valence-corrected chi connectivity index (χ4v) is 2.71. The molecular weight excluding hydrogens is 220 g/mol. The normalized spacial score (nSPS) is 38.9. The molecule has 96 valence electrons. The van der Waals surface area contributed by atoms with Gasteiger partial charge in [-0.2, -0.15) is 0 Å². The van der Waals surface area contributed by atoms with Crippen molar-refractivity contribution >= 4 is 11.8 Å². The third kappa shape index (κ3) is 2.66. The number of likely N-dealkylation sites (tertiary alicyclic amines) is 1. The summed E-state index contributed by atoms with van der Waals surface area (Å²) < 4.78 is 5.65. The van der Waals surface area contributed by atoms with Crippen LogP contribution in [0.1, 0.15) is 33.1 Å². The zero-order chi connectivity index (χ0) is 12.6. The molecule has 2 heterocycles. The van der Waals surface area contributed by atoms with Crippen LogP contribution in [-0.4, -0.2) is 48.1 Å². The van der Waals surface area contributed by atoms with Crippen molar-refractivity contribution in [1.82, 2.24) is 10.2 Å². The third-order valence-corrected chi connectivity index (χ3v) is 3.52. The molecule has 0 aromatic rings. The molecule has 2 fully saturated rings. The highest BCUT2D eigenvalue weighted by atomic mass is 16.5. The molecule has 0 aromatic heterocycles. The molecule has 17 heavy (non-hydrogen) atoms. The van der Waals surface area contributed by atoms with Gasteiger partial charge in [0.1, 0.15) is 0 Å². The zero-order valence-corrected chi connectivity index (χ0v) is 10.6. The van der Waals surface area contributed by atoms with Gasteiger partial charge in [0.15, 0.2) is 0 Å². The van der Waals surface area contributed by atoms with E-state index in [0.717, 1.165) is 12.8 Å². The van der Waals surface area contributed by atoms with Gasteiger partial charge in [-0.1, -0.05) is 0 Å². The molecule has 5 nitrogen and oxygen atoms in total. The van der Waals surface area contributed by atoms with Crippen LogP contribution >= 0.6 is 0 Å². The summed E-state index contributed by atoms with van der Waals surface area (Å²) in [5.41, 5.74) is 0. The first-order chi connectivity index (χ1) is 7.97. The van der Waals surface area contributed by atoms with Crippen LogP contribution in [-0.2, 0) is 14.3 Å². The van der Waals surface area contributed by atoms with Crippen LogP contribution in [0.2, 0.25) is 0 Å². The van der Waals surface area contributed by atoms with Crippen molar-refractivity contribution in [3.63, 3.8) is 0 Å². The monoisotopic (exact) mass is 240 g/mol. The van der Waals surface area contributed by atoms with E-state index in [2.05, 4.69) is 5.32 Å². The van der Waals surface area contributed by atoms with Crippen LogP contribution in [0.5, 0.6) is 0 Å². The summed E-state index contributed by atoms with van der Waals surface area (Å²) in [6, 6.07) is -0.0722. The maximum atomic E-state index is 11.8. The molecule has 0 bridgehead atoms. The number of amides is 2. The molecule has 2 aliphatic heterocycles. The van der Waals surface area contributed by atoms with Gasteiger partial charge in [0.2, 0.25) is 11.8 Å². The SMILES string of the molecule is CC1CC(NC2CC(=O)N(C)C2=O)CC(C)O1. The molecule has 1 N–H and O–H groups in total. The van der Waals surface area contributed by atoms with Crippen molar-refractivity contribution in [2.75, 3.05) is 7.05 Å². The van der Waals surface area contributed by atoms with Gasteiger partial charge in [-0.25, -0.2) is 0 Å². The van der Waals surface area contributed by atoms with Gasteiger partial charge in [-0.3, -0.25) is 14.5 Å². The van der Waals surface area contributed by atoms with Crippen molar-refractivity contribution in [2.45, 2.75) is 57.4 Å². The van der Waals surface area contributed by atoms with E-state index in [1.54, 1.807) is 7.05 Å². The topological polar surface area (TPSA) is 58.6 Å². The van der Waals surface area contributed by atoms with Crippen molar-refractivity contribution in [1.29, 1.82) is 0 Å². The summed E-state index contributed by atoms with van der Waals surface area (Å²) in [6.07, 6.45) is 2.50. The van der Waals surface area contributed by atoms with Crippen molar-refractivity contribution in [3.8, 4) is 0 Å². The number of nitrogens with one attached hydrogen (secondary N) is 1. The first-order valence-corrected chi connectivity index (χ1v) is 6.19. The Morgan fingerprint density at radius 3 is 2.29 bits per heavy atom. The van der Waals surface area contributed by atoms with Crippen LogP contribution in [0.15, 0.2) is 0 Å². The van der Waals surface area contributed by atoms with Gasteiger partial charge in [-0.05, 0) is 26.7 Å². The number of carbonyl (C=O) groups is 2. The van der Waals surface area contributed by atoms with Gasteiger partial charge < -0.3 is 10.1 Å². The number of carbonyl (C=O) groups excluding carboxylic acids is 2. The summed E-state index contributed by atoms with van der Waals surface area (Å²) in [7, 11) is 1.54. The lowest BCUT2D eigenvalue weighted by Crippen LogP contribution is -2.48. The molecule has 0 aromatic carbocycles. The second-order valence-corrected chi connectivity index (χ2v) is 5.14. The summed E-state index contributed by atoms with van der Waals surface area (Å²) >= 11 is 0. The van der Waals surface area contributed by atoms with E-state index in [1.165, 1.54) is 4.90 Å². The Bertz CT molecular complexity index is 322. The number of imide groups is 1. The smallest absolute Gasteiger partial charge is 0.246 e. The second kappa shape index (κ2) is 4.74. The summed E-state index contributed by atoms with van der Waals surface area (Å²) in [6.45, 7) is 4.08. The third-order valence-electron chi connectivity index (χ3n) is 3.52. The van der Waals surface area contributed by atoms with Gasteiger partial charge in [0, 0.05) is 13.1 Å². The molecule has 2 saturated heterocycles. The van der Waals surface area contributed by atoms with Gasteiger partial charge >= 0.3 is 0 Å². The molecule has 5 heteroatoms. The molecule has 3 atom stereocenters. The average Bonchev–Trinajstić information content (AvgIpc) is 2.45. The van der Waals surface area contributed by atoms with E-state index in [4.69, 9.17) is 4.74 Å². The van der Waals surface area contributed by atoms with Crippen LogP contribution in [0.3, 0.4) is 0 Å². The largest absolute Gasteiger partial charge is 0.375 e. The van der Waals surface area contributed by atoms with Crippen LogP contribution < -0.4 is 5.32 Å². The van der Waals surface area contributed by atoms with E-state index < -0.39 is 0 Å². The number of rotatable bonds is 2. The molecule has 3 unspecified atom stereocenters. The highest BCUT2D eigenvalue weighted by molar-refractivity contribution is 6.05. The molecule has 2 rings (SSSR count). The zero-order valence-electron chi connectivity index (χ0n) is 10.6. The summed E-state index contributed by atoms with van der Waals surface area (Å²) in [4.78, 5) is 24.4. The number of likely N-dealkylation sites (N-methyl/N-ethyl adjacent to an activating group) is 1. The van der Waals surface area contributed by atoms with Crippen molar-refractivity contribution < 1.29 is 14.3 Å². The Morgan fingerprint density at radius 2 is 1.82 bits per heavy atom. The molecule has 2 amide bonds. The van der Waals surface area contributed by atoms with Crippen LogP contribution in [0, 0.1) is 0 Å². The number of hydrogen-bond donors (Lipinski definition) is 1. The van der Waals surface area contributed by atoms with Crippen molar-refractivity contribution in [2.24, 2.45) is 0 Å². The maximum Gasteiger partial charge on any atom is 0.246 e. The highest BCUT2D eigenvalue weighted by Gasteiger charge is 2.38. The molecule has 0 spiro atoms. The lowest BCUT2D eigenvalue weighted by atomic mass is 9.99. The molecular formula is C12H20N2O3. The van der Waals surface area contributed by atoms with E-state index in [0.29, 0.717) is 0 Å². The second-order valence-electron chi connectivity index (χ2n) is 5.14. The average molecular weight is 240 g/mol. The molecule has 2 aliphatic rings. The lowest BCUT2D eigenvalue weighted by Gasteiger charge is -2.33. The van der Waals surface area contributed by atoms with E-state index in [9.17, 15) is 9.59 Å². The fourth-order valence-electron chi connectivity index (χ4n) is 2.71. The minimum absolute atomic E-state index is 0.0966. The Kier molecular flexibility index (Phi) is 3.49. The minimum Gasteiger partial charge on any atom is -0.375 e. The van der Waals surface area contributed by atoms with Crippen LogP contribution in [0.25, 0.3) is 0 Å². The standard InChI is InChI=1S/C12H20N2O3/c1-7-4-9(5-8(2)17-7)13-10-6-11(15)14(3)12(10)16/h7-10,13H,4-6H2,1-3H3. The quantitative estimate of drug-likeness (QED) is 0.705. The minimum atomic E-state index is -0.338. The first-order valence-electron chi connectivity index (χ1n) is 6.19. The number of ether oxygens (including phenoxy) is 1. The predicted molar refractivity (Wildman–Crippen MR) is 62.3 cm³/mol. The highest BCUT2D eigenvalue weighted by Crippen LogP contribution is 2.21. The Balaban J connectivity index is 1.93. The van der Waals surface area contributed by atoms with E-state index in [-0.39, 0.29) is 42.5 Å². The van der Waals surface area contributed by atoms with Gasteiger partial charge in [0.25, 0.3) is 0 Å². The lowest BCUT2D eigenvalue weighted by molar-refractivity contribution is -0.137. The number of nitrogens with zero attached hydrogens (tertiary/aromatic N) is 1. The van der Waals surface area contributed by atoms with Gasteiger partial charge in [-0.15, -0.1) is 0 Å². The molecule has 0 radical (unpaired) electrons. The fraction of sp³-hybridized carbons (Fsp3) is 0.833. The predicted octanol–water partition coefficient (Wildman–Crippen LogP) is 0.289. The molecule has 0 saturated carbocycles.